The molecule has 0 saturated heterocycles. The Morgan fingerprint density at radius 2 is 2.17 bits per heavy atom. The quantitative estimate of drug-likeness (QED) is 0.830. The Morgan fingerprint density at radius 3 is 2.75 bits per heavy atom. The van der Waals surface area contributed by atoms with E-state index in [4.69, 9.17) is 9.47 Å². The second kappa shape index (κ2) is 8.02. The van der Waals surface area contributed by atoms with Gasteiger partial charge in [0.15, 0.2) is 0 Å². The molecule has 0 radical (unpaired) electrons. The van der Waals surface area contributed by atoms with Gasteiger partial charge in [-0.25, -0.2) is 0 Å². The van der Waals surface area contributed by atoms with Crippen LogP contribution in [0.15, 0.2) is 18.2 Å². The minimum Gasteiger partial charge on any atom is -0.493 e. The van der Waals surface area contributed by atoms with Crippen molar-refractivity contribution in [2.24, 2.45) is 11.8 Å². The van der Waals surface area contributed by atoms with Crippen LogP contribution in [0, 0.1) is 18.8 Å². The molecule has 1 N–H and O–H groups in total. The summed E-state index contributed by atoms with van der Waals surface area (Å²) in [5, 5.41) is 3.04. The normalized spacial score (nSPS) is 24.0. The van der Waals surface area contributed by atoms with E-state index in [0.717, 1.165) is 36.3 Å². The summed E-state index contributed by atoms with van der Waals surface area (Å²) >= 11 is 0. The van der Waals surface area contributed by atoms with Gasteiger partial charge in [-0.3, -0.25) is 4.79 Å². The molecule has 0 aliphatic heterocycles. The standard InChI is InChI=1S/C20H31NO3/c1-14(2)13-24-18-9-8-17(11-16(18)4)21-19(22)20(23-5)10-6-7-15(3)12-20/h8-9,11,14-15H,6-7,10,12-13H2,1-5H3,(H,21,22)/t15-,20-/m0/s1. The third kappa shape index (κ3) is 4.50. The second-order valence-electron chi connectivity index (χ2n) is 7.54. The largest absolute Gasteiger partial charge is 0.493 e. The molecule has 2 atom stereocenters. The predicted octanol–water partition coefficient (Wildman–Crippen LogP) is 4.56. The van der Waals surface area contributed by atoms with Crippen molar-refractivity contribution in [3.63, 3.8) is 0 Å². The van der Waals surface area contributed by atoms with Gasteiger partial charge in [-0.05, 0) is 61.8 Å². The van der Waals surface area contributed by atoms with Crippen LogP contribution in [-0.4, -0.2) is 25.2 Å². The summed E-state index contributed by atoms with van der Waals surface area (Å²) in [7, 11) is 1.64. The highest BCUT2D eigenvalue weighted by Crippen LogP contribution is 2.36. The van der Waals surface area contributed by atoms with Crippen LogP contribution in [-0.2, 0) is 9.53 Å². The van der Waals surface area contributed by atoms with Crippen molar-refractivity contribution in [2.75, 3.05) is 19.0 Å². The molecule has 1 saturated carbocycles. The molecule has 0 spiro atoms. The maximum atomic E-state index is 12.8. The molecule has 4 heteroatoms. The highest BCUT2D eigenvalue weighted by molar-refractivity contribution is 5.97. The summed E-state index contributed by atoms with van der Waals surface area (Å²) < 4.78 is 11.5. The number of nitrogens with one attached hydrogen (secondary N) is 1. The van der Waals surface area contributed by atoms with E-state index in [1.807, 2.05) is 25.1 Å². The summed E-state index contributed by atoms with van der Waals surface area (Å²) in [5.41, 5.74) is 1.12. The Hall–Kier alpha value is -1.55. The fourth-order valence-electron chi connectivity index (χ4n) is 3.38. The molecule has 1 aliphatic rings. The maximum absolute atomic E-state index is 12.8. The zero-order chi connectivity index (χ0) is 17.7. The number of methoxy groups -OCH3 is 1. The van der Waals surface area contributed by atoms with Gasteiger partial charge in [0.05, 0.1) is 6.61 Å². The fraction of sp³-hybridized carbons (Fsp3) is 0.650. The van der Waals surface area contributed by atoms with Crippen LogP contribution in [0.1, 0.15) is 52.0 Å². The lowest BCUT2D eigenvalue weighted by Gasteiger charge is -2.37. The van der Waals surface area contributed by atoms with Gasteiger partial charge >= 0.3 is 0 Å². The van der Waals surface area contributed by atoms with Crippen LogP contribution in [0.3, 0.4) is 0 Å². The molecule has 1 aromatic carbocycles. The van der Waals surface area contributed by atoms with Crippen molar-refractivity contribution in [1.82, 2.24) is 0 Å². The monoisotopic (exact) mass is 333 g/mol. The smallest absolute Gasteiger partial charge is 0.256 e. The van der Waals surface area contributed by atoms with Gasteiger partial charge in [0.1, 0.15) is 11.4 Å². The zero-order valence-electron chi connectivity index (χ0n) is 15.6. The van der Waals surface area contributed by atoms with Crippen molar-refractivity contribution >= 4 is 11.6 Å². The number of aryl methyl sites for hydroxylation is 1. The molecule has 1 aliphatic carbocycles. The van der Waals surface area contributed by atoms with Crippen molar-refractivity contribution in [3.05, 3.63) is 23.8 Å². The fourth-order valence-corrected chi connectivity index (χ4v) is 3.38. The van der Waals surface area contributed by atoms with Crippen LogP contribution in [0.25, 0.3) is 0 Å². The summed E-state index contributed by atoms with van der Waals surface area (Å²) in [6, 6.07) is 5.79. The molecule has 0 bridgehead atoms. The maximum Gasteiger partial charge on any atom is 0.256 e. The van der Waals surface area contributed by atoms with E-state index in [2.05, 4.69) is 26.1 Å². The first-order valence-electron chi connectivity index (χ1n) is 8.96. The van der Waals surface area contributed by atoms with Gasteiger partial charge in [0.2, 0.25) is 0 Å². The summed E-state index contributed by atoms with van der Waals surface area (Å²) in [6.07, 6.45) is 3.76. The van der Waals surface area contributed by atoms with Crippen LogP contribution in [0.4, 0.5) is 5.69 Å². The van der Waals surface area contributed by atoms with Crippen LogP contribution in [0.2, 0.25) is 0 Å². The number of ether oxygens (including phenoxy) is 2. The lowest BCUT2D eigenvalue weighted by molar-refractivity contribution is -0.143. The molecule has 0 aromatic heterocycles. The predicted molar refractivity (Wildman–Crippen MR) is 97.5 cm³/mol. The molecular formula is C20H31NO3. The first-order chi connectivity index (χ1) is 11.4. The molecule has 2 rings (SSSR count). The average Bonchev–Trinajstić information content (AvgIpc) is 2.53. The topological polar surface area (TPSA) is 47.6 Å². The lowest BCUT2D eigenvalue weighted by atomic mass is 9.78. The molecule has 24 heavy (non-hydrogen) atoms. The number of amides is 1. The summed E-state index contributed by atoms with van der Waals surface area (Å²) in [4.78, 5) is 12.8. The van der Waals surface area contributed by atoms with Crippen LogP contribution >= 0.6 is 0 Å². The van der Waals surface area contributed by atoms with E-state index in [1.165, 1.54) is 6.42 Å². The molecule has 1 fully saturated rings. The zero-order valence-corrected chi connectivity index (χ0v) is 15.6. The average molecular weight is 333 g/mol. The molecule has 1 aromatic rings. The SMILES string of the molecule is CO[C@@]1(C(=O)Nc2ccc(OCC(C)C)c(C)c2)CCC[C@H](C)C1. The molecule has 4 nitrogen and oxygen atoms in total. The summed E-state index contributed by atoms with van der Waals surface area (Å²) in [6.45, 7) is 9.13. The number of benzene rings is 1. The molecule has 1 amide bonds. The Morgan fingerprint density at radius 1 is 1.42 bits per heavy atom. The minimum atomic E-state index is -0.696. The van der Waals surface area contributed by atoms with E-state index >= 15 is 0 Å². The Balaban J connectivity index is 2.07. The summed E-state index contributed by atoms with van der Waals surface area (Å²) in [5.74, 6) is 1.83. The number of hydrogen-bond donors (Lipinski definition) is 1. The van der Waals surface area contributed by atoms with E-state index < -0.39 is 5.60 Å². The number of carbonyl (C=O) groups excluding carboxylic acids is 1. The van der Waals surface area contributed by atoms with Gasteiger partial charge in [0.25, 0.3) is 5.91 Å². The number of carbonyl (C=O) groups is 1. The molecule has 0 unspecified atom stereocenters. The lowest BCUT2D eigenvalue weighted by Crippen LogP contribution is -2.47. The molecule has 0 heterocycles. The van der Waals surface area contributed by atoms with Gasteiger partial charge in [-0.15, -0.1) is 0 Å². The van der Waals surface area contributed by atoms with Crippen LogP contribution in [0.5, 0.6) is 5.75 Å². The minimum absolute atomic E-state index is 0.0354. The first-order valence-corrected chi connectivity index (χ1v) is 8.96. The second-order valence-corrected chi connectivity index (χ2v) is 7.54. The Labute approximate surface area is 145 Å². The molecular weight excluding hydrogens is 302 g/mol. The Bertz CT molecular complexity index is 570. The number of rotatable bonds is 6. The third-order valence-electron chi connectivity index (χ3n) is 4.77. The highest BCUT2D eigenvalue weighted by atomic mass is 16.5. The first kappa shape index (κ1) is 18.8. The third-order valence-corrected chi connectivity index (χ3v) is 4.77. The number of anilines is 1. The van der Waals surface area contributed by atoms with E-state index in [0.29, 0.717) is 18.4 Å². The molecule has 134 valence electrons. The van der Waals surface area contributed by atoms with E-state index in [-0.39, 0.29) is 5.91 Å². The van der Waals surface area contributed by atoms with Gasteiger partial charge in [-0.1, -0.05) is 27.2 Å². The van der Waals surface area contributed by atoms with Gasteiger partial charge in [0, 0.05) is 12.8 Å². The highest BCUT2D eigenvalue weighted by Gasteiger charge is 2.42. The van der Waals surface area contributed by atoms with Crippen molar-refractivity contribution in [1.29, 1.82) is 0 Å². The van der Waals surface area contributed by atoms with Crippen molar-refractivity contribution < 1.29 is 14.3 Å². The van der Waals surface area contributed by atoms with E-state index in [9.17, 15) is 4.79 Å². The van der Waals surface area contributed by atoms with E-state index in [1.54, 1.807) is 7.11 Å². The van der Waals surface area contributed by atoms with Gasteiger partial charge < -0.3 is 14.8 Å². The van der Waals surface area contributed by atoms with Gasteiger partial charge in [-0.2, -0.15) is 0 Å². The van der Waals surface area contributed by atoms with Crippen LogP contribution < -0.4 is 10.1 Å². The van der Waals surface area contributed by atoms with Crippen molar-refractivity contribution in [3.8, 4) is 5.75 Å². The van der Waals surface area contributed by atoms with Crippen molar-refractivity contribution in [2.45, 2.75) is 59.0 Å². The number of hydrogen-bond acceptors (Lipinski definition) is 3. The Kier molecular flexibility index (Phi) is 6.27.